The first-order valence-corrected chi connectivity index (χ1v) is 14.5. The van der Waals surface area contributed by atoms with E-state index in [1.54, 1.807) is 17.0 Å². The van der Waals surface area contributed by atoms with E-state index in [-0.39, 0.29) is 24.8 Å². The quantitative estimate of drug-likeness (QED) is 0.428. The average Bonchev–Trinajstić information content (AvgIpc) is 2.81. The minimum atomic E-state index is -3.52. The first-order valence-electron chi connectivity index (χ1n) is 12.6. The number of hydrogen-bond donors (Lipinski definition) is 1. The molecule has 0 fully saturated rings. The lowest BCUT2D eigenvalue weighted by atomic mass is 10.0. The summed E-state index contributed by atoms with van der Waals surface area (Å²) in [6.45, 7) is 10.9. The second-order valence-corrected chi connectivity index (χ2v) is 11.6. The van der Waals surface area contributed by atoms with Crippen molar-refractivity contribution in [2.24, 2.45) is 5.92 Å². The number of carbonyl (C=O) groups is 2. The van der Waals surface area contributed by atoms with Crippen LogP contribution in [0.1, 0.15) is 56.7 Å². The van der Waals surface area contributed by atoms with Crippen LogP contribution in [0.2, 0.25) is 0 Å². The van der Waals surface area contributed by atoms with Crippen molar-refractivity contribution in [2.75, 3.05) is 23.7 Å². The zero-order chi connectivity index (χ0) is 26.9. The van der Waals surface area contributed by atoms with Crippen molar-refractivity contribution < 1.29 is 18.0 Å². The molecular weight excluding hydrogens is 474 g/mol. The van der Waals surface area contributed by atoms with Gasteiger partial charge >= 0.3 is 0 Å². The van der Waals surface area contributed by atoms with E-state index < -0.39 is 16.1 Å². The first kappa shape index (κ1) is 29.4. The van der Waals surface area contributed by atoms with E-state index in [0.29, 0.717) is 37.5 Å². The summed E-state index contributed by atoms with van der Waals surface area (Å²) in [6, 6.07) is 14.5. The van der Waals surface area contributed by atoms with E-state index in [9.17, 15) is 18.0 Å². The minimum Gasteiger partial charge on any atom is -0.354 e. The van der Waals surface area contributed by atoms with E-state index >= 15 is 0 Å². The van der Waals surface area contributed by atoms with Gasteiger partial charge in [0.1, 0.15) is 6.04 Å². The first-order chi connectivity index (χ1) is 17.0. The van der Waals surface area contributed by atoms with Gasteiger partial charge in [0.05, 0.1) is 11.9 Å². The molecule has 0 aliphatic heterocycles. The van der Waals surface area contributed by atoms with Gasteiger partial charge in [0, 0.05) is 26.1 Å². The molecule has 0 heterocycles. The molecule has 2 aromatic carbocycles. The highest BCUT2D eigenvalue weighted by atomic mass is 32.2. The van der Waals surface area contributed by atoms with Crippen molar-refractivity contribution >= 4 is 27.5 Å². The summed E-state index contributed by atoms with van der Waals surface area (Å²) in [7, 11) is -3.52. The summed E-state index contributed by atoms with van der Waals surface area (Å²) in [5.41, 5.74) is 3.50. The molecule has 2 amide bonds. The van der Waals surface area contributed by atoms with Gasteiger partial charge in [-0.1, -0.05) is 63.2 Å². The van der Waals surface area contributed by atoms with Crippen LogP contribution in [0.15, 0.2) is 48.5 Å². The topological polar surface area (TPSA) is 86.8 Å². The average molecular weight is 516 g/mol. The molecule has 0 spiro atoms. The molecule has 0 aromatic heterocycles. The lowest BCUT2D eigenvalue weighted by molar-refractivity contribution is -0.141. The molecule has 0 aliphatic rings. The molecule has 2 aromatic rings. The molecule has 1 N–H and O–H groups in total. The molecule has 8 heteroatoms. The van der Waals surface area contributed by atoms with Crippen LogP contribution in [-0.2, 0) is 26.2 Å². The van der Waals surface area contributed by atoms with Crippen molar-refractivity contribution in [1.82, 2.24) is 10.2 Å². The zero-order valence-electron chi connectivity index (χ0n) is 22.5. The third-order valence-electron chi connectivity index (χ3n) is 6.21. The van der Waals surface area contributed by atoms with Crippen molar-refractivity contribution in [3.63, 3.8) is 0 Å². The number of nitrogens with one attached hydrogen (secondary N) is 1. The Bertz CT molecular complexity index is 1130. The van der Waals surface area contributed by atoms with Gasteiger partial charge in [0.15, 0.2) is 0 Å². The van der Waals surface area contributed by atoms with Gasteiger partial charge in [0.25, 0.3) is 0 Å². The van der Waals surface area contributed by atoms with Crippen LogP contribution >= 0.6 is 0 Å². The number of benzene rings is 2. The number of hydrogen-bond acceptors (Lipinski definition) is 4. The highest BCUT2D eigenvalue weighted by Gasteiger charge is 2.29. The van der Waals surface area contributed by atoms with Crippen molar-refractivity contribution in [3.05, 3.63) is 65.2 Å². The number of para-hydroxylation sites is 1. The largest absolute Gasteiger partial charge is 0.354 e. The van der Waals surface area contributed by atoms with Gasteiger partial charge in [-0.15, -0.1) is 0 Å². The van der Waals surface area contributed by atoms with Gasteiger partial charge in [-0.2, -0.15) is 0 Å². The van der Waals surface area contributed by atoms with Crippen LogP contribution in [0, 0.1) is 19.8 Å². The van der Waals surface area contributed by atoms with Crippen LogP contribution in [-0.4, -0.2) is 50.5 Å². The normalized spacial score (nSPS) is 12.3. The van der Waals surface area contributed by atoms with E-state index in [1.807, 2.05) is 71.0 Å². The standard InChI is InChI=1S/C28H41N3O4S/c1-7-25(28(33)29-19-21(2)3)30(20-24-15-10-8-13-22(24)4)27(32)17-12-18-31(36(6,34)35)26-16-11-9-14-23(26)5/h8-11,13-16,21,25H,7,12,17-20H2,1-6H3,(H,29,33)/t25-/m1/s1. The maximum Gasteiger partial charge on any atom is 0.242 e. The van der Waals surface area contributed by atoms with Gasteiger partial charge in [-0.25, -0.2) is 8.42 Å². The highest BCUT2D eigenvalue weighted by Crippen LogP contribution is 2.23. The summed E-state index contributed by atoms with van der Waals surface area (Å²) in [5, 5.41) is 2.97. The van der Waals surface area contributed by atoms with Gasteiger partial charge in [-0.05, 0) is 55.4 Å². The van der Waals surface area contributed by atoms with Crippen LogP contribution in [0.4, 0.5) is 5.69 Å². The maximum absolute atomic E-state index is 13.5. The Kier molecular flexibility index (Phi) is 11.0. The Balaban J connectivity index is 2.23. The molecule has 198 valence electrons. The van der Waals surface area contributed by atoms with Gasteiger partial charge < -0.3 is 10.2 Å². The molecule has 0 saturated heterocycles. The Morgan fingerprint density at radius 3 is 2.14 bits per heavy atom. The fourth-order valence-electron chi connectivity index (χ4n) is 4.14. The monoisotopic (exact) mass is 515 g/mol. The third kappa shape index (κ3) is 8.36. The predicted octanol–water partition coefficient (Wildman–Crippen LogP) is 4.43. The number of nitrogens with zero attached hydrogens (tertiary/aromatic N) is 2. The fourth-order valence-corrected chi connectivity index (χ4v) is 5.16. The Hall–Kier alpha value is -2.87. The molecule has 1 atom stereocenters. The lowest BCUT2D eigenvalue weighted by Crippen LogP contribution is -2.49. The highest BCUT2D eigenvalue weighted by molar-refractivity contribution is 7.92. The smallest absolute Gasteiger partial charge is 0.242 e. The van der Waals surface area contributed by atoms with Crippen molar-refractivity contribution in [3.8, 4) is 0 Å². The predicted molar refractivity (Wildman–Crippen MR) is 146 cm³/mol. The van der Waals surface area contributed by atoms with E-state index in [1.165, 1.54) is 10.6 Å². The molecule has 0 unspecified atom stereocenters. The van der Waals surface area contributed by atoms with Crippen LogP contribution in [0.25, 0.3) is 0 Å². The maximum atomic E-state index is 13.5. The Morgan fingerprint density at radius 1 is 0.972 bits per heavy atom. The van der Waals surface area contributed by atoms with Gasteiger partial charge in [0.2, 0.25) is 21.8 Å². The zero-order valence-corrected chi connectivity index (χ0v) is 23.3. The molecular formula is C28H41N3O4S. The third-order valence-corrected chi connectivity index (χ3v) is 7.39. The number of aryl methyl sites for hydroxylation is 2. The number of amides is 2. The molecule has 7 nitrogen and oxygen atoms in total. The summed E-state index contributed by atoms with van der Waals surface area (Å²) in [4.78, 5) is 28.2. The molecule has 0 bridgehead atoms. The number of rotatable bonds is 13. The minimum absolute atomic E-state index is 0.137. The van der Waals surface area contributed by atoms with Gasteiger partial charge in [-0.3, -0.25) is 13.9 Å². The van der Waals surface area contributed by atoms with Crippen molar-refractivity contribution in [1.29, 1.82) is 0 Å². The summed E-state index contributed by atoms with van der Waals surface area (Å²) < 4.78 is 26.4. The summed E-state index contributed by atoms with van der Waals surface area (Å²) in [6.07, 6.45) is 2.14. The Labute approximate surface area is 216 Å². The molecule has 0 aliphatic carbocycles. The summed E-state index contributed by atoms with van der Waals surface area (Å²) in [5.74, 6) is -0.0239. The van der Waals surface area contributed by atoms with Crippen LogP contribution < -0.4 is 9.62 Å². The van der Waals surface area contributed by atoms with Crippen LogP contribution in [0.3, 0.4) is 0 Å². The number of sulfonamides is 1. The van der Waals surface area contributed by atoms with E-state index in [0.717, 1.165) is 16.7 Å². The van der Waals surface area contributed by atoms with E-state index in [4.69, 9.17) is 0 Å². The van der Waals surface area contributed by atoms with Crippen LogP contribution in [0.5, 0.6) is 0 Å². The molecule has 2 rings (SSSR count). The Morgan fingerprint density at radius 2 is 1.58 bits per heavy atom. The molecule has 0 saturated carbocycles. The number of carbonyl (C=O) groups excluding carboxylic acids is 2. The second-order valence-electron chi connectivity index (χ2n) is 9.74. The molecule has 0 radical (unpaired) electrons. The van der Waals surface area contributed by atoms with Crippen molar-refractivity contribution in [2.45, 2.75) is 66.5 Å². The van der Waals surface area contributed by atoms with E-state index in [2.05, 4.69) is 5.32 Å². The SMILES string of the molecule is CC[C@H](C(=O)NCC(C)C)N(Cc1ccccc1C)C(=O)CCCN(c1ccccc1C)S(C)(=O)=O. The fraction of sp³-hybridized carbons (Fsp3) is 0.500. The number of anilines is 1. The lowest BCUT2D eigenvalue weighted by Gasteiger charge is -2.32. The second kappa shape index (κ2) is 13.4. The molecule has 36 heavy (non-hydrogen) atoms. The summed E-state index contributed by atoms with van der Waals surface area (Å²) >= 11 is 0.